The highest BCUT2D eigenvalue weighted by molar-refractivity contribution is 8.00. The Hall–Kier alpha value is -0.720. The highest BCUT2D eigenvalue weighted by Crippen LogP contribution is 2.22. The van der Waals surface area contributed by atoms with Crippen molar-refractivity contribution in [1.82, 2.24) is 4.90 Å². The van der Waals surface area contributed by atoms with Crippen LogP contribution in [0.3, 0.4) is 0 Å². The molecule has 18 heavy (non-hydrogen) atoms. The topological polar surface area (TPSA) is 63.4 Å². The van der Waals surface area contributed by atoms with E-state index in [4.69, 9.17) is 5.73 Å². The molecular formula is C12H18N2O2S2. The number of nitrogens with two attached hydrogens (primary N) is 1. The van der Waals surface area contributed by atoms with Gasteiger partial charge in [-0.15, -0.1) is 0 Å². The largest absolute Gasteiger partial charge is 0.399 e. The second-order valence-corrected chi connectivity index (χ2v) is 7.92. The minimum Gasteiger partial charge on any atom is -0.399 e. The molecule has 0 aliphatic carbocycles. The van der Waals surface area contributed by atoms with Crippen LogP contribution < -0.4 is 5.73 Å². The number of rotatable bonds is 3. The molecule has 1 aromatic carbocycles. The maximum atomic E-state index is 11.8. The molecule has 1 aliphatic rings. The fourth-order valence-corrected chi connectivity index (χ4v) is 4.99. The molecule has 1 saturated heterocycles. The van der Waals surface area contributed by atoms with Gasteiger partial charge in [0.25, 0.3) is 0 Å². The van der Waals surface area contributed by atoms with Crippen molar-refractivity contribution in [3.63, 3.8) is 0 Å². The Labute approximate surface area is 112 Å². The first-order valence-electron chi connectivity index (χ1n) is 5.82. The van der Waals surface area contributed by atoms with Crippen molar-refractivity contribution in [2.24, 2.45) is 0 Å². The van der Waals surface area contributed by atoms with Crippen LogP contribution in [0.1, 0.15) is 5.56 Å². The zero-order chi connectivity index (χ0) is 13.2. The molecule has 1 atom stereocenters. The van der Waals surface area contributed by atoms with E-state index in [9.17, 15) is 8.42 Å². The molecule has 2 rings (SSSR count). The van der Waals surface area contributed by atoms with Gasteiger partial charge < -0.3 is 5.73 Å². The Balaban J connectivity index is 2.13. The highest BCUT2D eigenvalue weighted by atomic mass is 32.2. The third-order valence-corrected chi connectivity index (χ3v) is 5.74. The molecule has 1 heterocycles. The predicted octanol–water partition coefficient (Wildman–Crippen LogP) is 1.19. The molecule has 0 spiro atoms. The first kappa shape index (κ1) is 13.7. The Bertz CT molecular complexity index is 499. The standard InChI is InChI=1S/C12H18N2O2S2/c1-18(15,16)12-9-17-7-6-14(12)8-10-2-4-11(13)5-3-10/h2-5,12H,6-9,13H2,1H3. The van der Waals surface area contributed by atoms with Gasteiger partial charge in [0.2, 0.25) is 0 Å². The molecular weight excluding hydrogens is 268 g/mol. The summed E-state index contributed by atoms with van der Waals surface area (Å²) in [7, 11) is -3.02. The van der Waals surface area contributed by atoms with E-state index in [0.717, 1.165) is 23.5 Å². The third kappa shape index (κ3) is 3.40. The first-order chi connectivity index (χ1) is 8.47. The fraction of sp³-hybridized carbons (Fsp3) is 0.500. The summed E-state index contributed by atoms with van der Waals surface area (Å²) in [6, 6.07) is 7.61. The second-order valence-electron chi connectivity index (χ2n) is 4.57. The summed E-state index contributed by atoms with van der Waals surface area (Å²) in [5.41, 5.74) is 7.47. The predicted molar refractivity (Wildman–Crippen MR) is 77.2 cm³/mol. The van der Waals surface area contributed by atoms with Crippen molar-refractivity contribution >= 4 is 27.3 Å². The van der Waals surface area contributed by atoms with Crippen molar-refractivity contribution in [3.05, 3.63) is 29.8 Å². The van der Waals surface area contributed by atoms with Gasteiger partial charge >= 0.3 is 0 Å². The van der Waals surface area contributed by atoms with Crippen LogP contribution in [0, 0.1) is 0 Å². The van der Waals surface area contributed by atoms with Crippen LogP contribution in [-0.2, 0) is 16.4 Å². The molecule has 0 aromatic heterocycles. The zero-order valence-corrected chi connectivity index (χ0v) is 12.0. The Morgan fingerprint density at radius 3 is 2.67 bits per heavy atom. The summed E-state index contributed by atoms with van der Waals surface area (Å²) in [5.74, 6) is 1.65. The Morgan fingerprint density at radius 1 is 1.39 bits per heavy atom. The lowest BCUT2D eigenvalue weighted by atomic mass is 10.2. The molecule has 100 valence electrons. The fourth-order valence-electron chi connectivity index (χ4n) is 2.05. The number of hydrogen-bond acceptors (Lipinski definition) is 5. The number of nitrogens with zero attached hydrogens (tertiary/aromatic N) is 1. The minimum absolute atomic E-state index is 0.367. The number of hydrogen-bond donors (Lipinski definition) is 1. The molecule has 0 saturated carbocycles. The van der Waals surface area contributed by atoms with Gasteiger partial charge in [0.15, 0.2) is 9.84 Å². The smallest absolute Gasteiger partial charge is 0.164 e. The molecule has 6 heteroatoms. The lowest BCUT2D eigenvalue weighted by Gasteiger charge is -2.33. The van der Waals surface area contributed by atoms with Crippen LogP contribution in [0.4, 0.5) is 5.69 Å². The third-order valence-electron chi connectivity index (χ3n) is 3.05. The molecule has 2 N–H and O–H groups in total. The molecule has 0 bridgehead atoms. The number of thioether (sulfide) groups is 1. The quantitative estimate of drug-likeness (QED) is 0.846. The number of nitrogen functional groups attached to an aromatic ring is 1. The van der Waals surface area contributed by atoms with Crippen molar-refractivity contribution in [1.29, 1.82) is 0 Å². The average molecular weight is 286 g/mol. The highest BCUT2D eigenvalue weighted by Gasteiger charge is 2.30. The Morgan fingerprint density at radius 2 is 2.06 bits per heavy atom. The van der Waals surface area contributed by atoms with Gasteiger partial charge in [-0.3, -0.25) is 4.90 Å². The summed E-state index contributed by atoms with van der Waals surface area (Å²) in [5, 5.41) is -0.367. The maximum Gasteiger partial charge on any atom is 0.164 e. The summed E-state index contributed by atoms with van der Waals surface area (Å²) in [4.78, 5) is 2.04. The lowest BCUT2D eigenvalue weighted by Crippen LogP contribution is -2.46. The first-order valence-corrected chi connectivity index (χ1v) is 8.93. The second kappa shape index (κ2) is 5.50. The van der Waals surface area contributed by atoms with E-state index in [0.29, 0.717) is 12.3 Å². The number of anilines is 1. The molecule has 1 aromatic rings. The summed E-state index contributed by atoms with van der Waals surface area (Å²) in [6.45, 7) is 1.48. The molecule has 1 unspecified atom stereocenters. The molecule has 0 radical (unpaired) electrons. The van der Waals surface area contributed by atoms with E-state index < -0.39 is 9.84 Å². The summed E-state index contributed by atoms with van der Waals surface area (Å²) in [6.07, 6.45) is 1.32. The normalized spacial score (nSPS) is 21.9. The van der Waals surface area contributed by atoms with E-state index in [-0.39, 0.29) is 5.37 Å². The van der Waals surface area contributed by atoms with Crippen LogP contribution in [0.15, 0.2) is 24.3 Å². The zero-order valence-electron chi connectivity index (χ0n) is 10.4. The van der Waals surface area contributed by atoms with Crippen LogP contribution in [-0.4, -0.2) is 43.0 Å². The minimum atomic E-state index is -3.02. The lowest BCUT2D eigenvalue weighted by molar-refractivity contribution is 0.262. The summed E-state index contributed by atoms with van der Waals surface area (Å²) < 4.78 is 23.5. The van der Waals surface area contributed by atoms with Gasteiger partial charge in [0.05, 0.1) is 0 Å². The van der Waals surface area contributed by atoms with E-state index in [1.807, 2.05) is 29.2 Å². The van der Waals surface area contributed by atoms with Crippen molar-refractivity contribution in [2.75, 3.05) is 30.0 Å². The van der Waals surface area contributed by atoms with E-state index in [1.165, 1.54) is 6.26 Å². The van der Waals surface area contributed by atoms with Gasteiger partial charge in [-0.25, -0.2) is 8.42 Å². The molecule has 0 amide bonds. The number of benzene rings is 1. The van der Waals surface area contributed by atoms with Crippen molar-refractivity contribution in [2.45, 2.75) is 11.9 Å². The molecule has 4 nitrogen and oxygen atoms in total. The van der Waals surface area contributed by atoms with Crippen LogP contribution in [0.2, 0.25) is 0 Å². The average Bonchev–Trinajstić information content (AvgIpc) is 2.31. The van der Waals surface area contributed by atoms with Crippen molar-refractivity contribution < 1.29 is 8.42 Å². The van der Waals surface area contributed by atoms with Gasteiger partial charge in [0, 0.05) is 36.5 Å². The monoisotopic (exact) mass is 286 g/mol. The van der Waals surface area contributed by atoms with E-state index in [1.54, 1.807) is 11.8 Å². The van der Waals surface area contributed by atoms with Crippen molar-refractivity contribution in [3.8, 4) is 0 Å². The van der Waals surface area contributed by atoms with Gasteiger partial charge in [-0.2, -0.15) is 11.8 Å². The Kier molecular flexibility index (Phi) is 4.19. The maximum absolute atomic E-state index is 11.8. The van der Waals surface area contributed by atoms with Gasteiger partial charge in [0.1, 0.15) is 5.37 Å². The van der Waals surface area contributed by atoms with Crippen LogP contribution in [0.25, 0.3) is 0 Å². The summed E-state index contributed by atoms with van der Waals surface area (Å²) >= 11 is 1.71. The van der Waals surface area contributed by atoms with Crippen LogP contribution >= 0.6 is 11.8 Å². The number of sulfone groups is 1. The van der Waals surface area contributed by atoms with Gasteiger partial charge in [-0.05, 0) is 17.7 Å². The van der Waals surface area contributed by atoms with Crippen LogP contribution in [0.5, 0.6) is 0 Å². The van der Waals surface area contributed by atoms with E-state index in [2.05, 4.69) is 0 Å². The molecule has 1 aliphatic heterocycles. The van der Waals surface area contributed by atoms with Gasteiger partial charge in [-0.1, -0.05) is 12.1 Å². The molecule has 1 fully saturated rings. The van der Waals surface area contributed by atoms with E-state index >= 15 is 0 Å². The SMILES string of the molecule is CS(=O)(=O)C1CSCCN1Cc1ccc(N)cc1.